The van der Waals surface area contributed by atoms with Gasteiger partial charge >= 0.3 is 0 Å². The normalized spacial score (nSPS) is 11.1. The van der Waals surface area contributed by atoms with Crippen LogP contribution in [0.2, 0.25) is 0 Å². The molecule has 0 radical (unpaired) electrons. The van der Waals surface area contributed by atoms with Crippen LogP contribution < -0.4 is 11.5 Å². The highest BCUT2D eigenvalue weighted by atomic mass is 32.2. The van der Waals surface area contributed by atoms with Gasteiger partial charge in [-0.2, -0.15) is 0 Å². The van der Waals surface area contributed by atoms with Crippen LogP contribution in [0, 0.1) is 0 Å². The molecule has 0 aliphatic heterocycles. The van der Waals surface area contributed by atoms with E-state index in [1.54, 1.807) is 22.7 Å². The van der Waals surface area contributed by atoms with E-state index in [4.69, 9.17) is 11.5 Å². The topological polar surface area (TPSA) is 52.0 Å². The molecule has 0 atom stereocenters. The van der Waals surface area contributed by atoms with Gasteiger partial charge in [0, 0.05) is 31.9 Å². The average molecular weight is 347 g/mol. The lowest BCUT2D eigenvalue weighted by Gasteiger charge is -2.16. The standard InChI is InChI=1S/C17H18N2S3/c18-14-7-10-21-16(14)13(17-15(19)8-11-22-17)6-9-20-12-4-2-1-3-5-12/h1-5,7-8,10-11,13H,6,9,18-19H2. The third kappa shape index (κ3) is 3.48. The molecule has 2 nitrogen and oxygen atoms in total. The molecule has 3 aromatic rings. The van der Waals surface area contributed by atoms with Crippen molar-refractivity contribution in [1.82, 2.24) is 0 Å². The fraction of sp³-hybridized carbons (Fsp3) is 0.176. The van der Waals surface area contributed by atoms with E-state index in [0.29, 0.717) is 5.92 Å². The highest BCUT2D eigenvalue weighted by Gasteiger charge is 2.21. The Morgan fingerprint density at radius 3 is 1.95 bits per heavy atom. The Morgan fingerprint density at radius 2 is 1.45 bits per heavy atom. The van der Waals surface area contributed by atoms with Gasteiger partial charge in [-0.25, -0.2) is 0 Å². The first kappa shape index (κ1) is 15.5. The first-order chi connectivity index (χ1) is 10.8. The summed E-state index contributed by atoms with van der Waals surface area (Å²) in [5.74, 6) is 1.35. The van der Waals surface area contributed by atoms with Crippen LogP contribution in [-0.2, 0) is 0 Å². The minimum atomic E-state index is 0.302. The van der Waals surface area contributed by atoms with Crippen molar-refractivity contribution in [2.24, 2.45) is 0 Å². The Morgan fingerprint density at radius 1 is 0.864 bits per heavy atom. The van der Waals surface area contributed by atoms with Gasteiger partial charge in [0.25, 0.3) is 0 Å². The number of nitrogens with two attached hydrogens (primary N) is 2. The van der Waals surface area contributed by atoms with Crippen LogP contribution in [0.4, 0.5) is 11.4 Å². The van der Waals surface area contributed by atoms with Gasteiger partial charge in [-0.05, 0) is 47.2 Å². The van der Waals surface area contributed by atoms with Gasteiger partial charge in [-0.3, -0.25) is 0 Å². The molecule has 22 heavy (non-hydrogen) atoms. The second-order valence-electron chi connectivity index (χ2n) is 4.98. The fourth-order valence-corrected chi connectivity index (χ4v) is 5.36. The fourth-order valence-electron chi connectivity index (χ4n) is 2.42. The summed E-state index contributed by atoms with van der Waals surface area (Å²) in [6.07, 6.45) is 1.04. The molecule has 2 heterocycles. The van der Waals surface area contributed by atoms with Crippen molar-refractivity contribution in [1.29, 1.82) is 0 Å². The molecule has 114 valence electrons. The molecule has 0 bridgehead atoms. The van der Waals surface area contributed by atoms with Crippen molar-refractivity contribution in [2.45, 2.75) is 17.2 Å². The molecule has 5 heteroatoms. The maximum Gasteiger partial charge on any atom is 0.0462 e. The molecule has 0 amide bonds. The van der Waals surface area contributed by atoms with E-state index < -0.39 is 0 Å². The van der Waals surface area contributed by atoms with Crippen LogP contribution in [0.1, 0.15) is 22.1 Å². The lowest BCUT2D eigenvalue weighted by molar-refractivity contribution is 0.821. The lowest BCUT2D eigenvalue weighted by atomic mass is 10.0. The third-order valence-corrected chi connectivity index (χ3v) is 6.64. The van der Waals surface area contributed by atoms with Gasteiger partial charge in [0.05, 0.1) is 0 Å². The Hall–Kier alpha value is -1.43. The number of hydrogen-bond donors (Lipinski definition) is 2. The summed E-state index contributed by atoms with van der Waals surface area (Å²) in [4.78, 5) is 3.78. The summed E-state index contributed by atoms with van der Waals surface area (Å²) < 4.78 is 0. The second kappa shape index (κ2) is 7.22. The van der Waals surface area contributed by atoms with Crippen molar-refractivity contribution >= 4 is 45.8 Å². The molecular weight excluding hydrogens is 328 g/mol. The van der Waals surface area contributed by atoms with Crippen LogP contribution >= 0.6 is 34.4 Å². The third-order valence-electron chi connectivity index (χ3n) is 3.51. The predicted molar refractivity (Wildman–Crippen MR) is 101 cm³/mol. The second-order valence-corrected chi connectivity index (χ2v) is 8.05. The summed E-state index contributed by atoms with van der Waals surface area (Å²) in [5.41, 5.74) is 14.1. The van der Waals surface area contributed by atoms with Gasteiger partial charge in [0.1, 0.15) is 0 Å². The van der Waals surface area contributed by atoms with Gasteiger partial charge in [0.15, 0.2) is 0 Å². The highest BCUT2D eigenvalue weighted by Crippen LogP contribution is 2.41. The zero-order chi connectivity index (χ0) is 15.4. The van der Waals surface area contributed by atoms with E-state index in [-0.39, 0.29) is 0 Å². The Kier molecular flexibility index (Phi) is 5.08. The first-order valence-electron chi connectivity index (χ1n) is 7.09. The largest absolute Gasteiger partial charge is 0.398 e. The van der Waals surface area contributed by atoms with E-state index in [1.807, 2.05) is 30.0 Å². The summed E-state index contributed by atoms with van der Waals surface area (Å²) in [7, 11) is 0. The minimum absolute atomic E-state index is 0.302. The van der Waals surface area contributed by atoms with Crippen LogP contribution in [0.5, 0.6) is 0 Å². The number of benzene rings is 1. The molecule has 0 spiro atoms. The number of hydrogen-bond acceptors (Lipinski definition) is 5. The Labute approximate surface area is 143 Å². The monoisotopic (exact) mass is 346 g/mol. The van der Waals surface area contributed by atoms with Crippen LogP contribution in [0.3, 0.4) is 0 Å². The summed E-state index contributed by atoms with van der Waals surface area (Å²) in [5, 5.41) is 4.12. The number of rotatable bonds is 6. The Balaban J connectivity index is 1.75. The molecule has 0 aliphatic rings. The molecule has 0 unspecified atom stereocenters. The summed E-state index contributed by atoms with van der Waals surface area (Å²) >= 11 is 5.34. The zero-order valence-corrected chi connectivity index (χ0v) is 14.5. The number of thiophene rings is 2. The molecule has 1 aromatic carbocycles. The van der Waals surface area contributed by atoms with E-state index in [1.165, 1.54) is 14.6 Å². The van der Waals surface area contributed by atoms with Gasteiger partial charge < -0.3 is 11.5 Å². The molecule has 3 rings (SSSR count). The van der Waals surface area contributed by atoms with E-state index in [9.17, 15) is 0 Å². The van der Waals surface area contributed by atoms with Crippen LogP contribution in [0.15, 0.2) is 58.1 Å². The Bertz CT molecular complexity index is 678. The minimum Gasteiger partial charge on any atom is -0.398 e. The molecular formula is C17H18N2S3. The summed E-state index contributed by atoms with van der Waals surface area (Å²) in [6, 6.07) is 14.5. The van der Waals surface area contributed by atoms with Gasteiger partial charge in [0.2, 0.25) is 0 Å². The maximum atomic E-state index is 6.15. The molecule has 0 saturated carbocycles. The average Bonchev–Trinajstić information content (AvgIpc) is 3.14. The maximum absolute atomic E-state index is 6.15. The van der Waals surface area contributed by atoms with Crippen LogP contribution in [-0.4, -0.2) is 5.75 Å². The van der Waals surface area contributed by atoms with E-state index >= 15 is 0 Å². The molecule has 2 aromatic heterocycles. The van der Waals surface area contributed by atoms with Gasteiger partial charge in [-0.15, -0.1) is 34.4 Å². The van der Waals surface area contributed by atoms with E-state index in [0.717, 1.165) is 23.5 Å². The van der Waals surface area contributed by atoms with Crippen LogP contribution in [0.25, 0.3) is 0 Å². The van der Waals surface area contributed by atoms with Crippen molar-refractivity contribution < 1.29 is 0 Å². The van der Waals surface area contributed by atoms with Gasteiger partial charge in [-0.1, -0.05) is 18.2 Å². The van der Waals surface area contributed by atoms with Crippen molar-refractivity contribution in [2.75, 3.05) is 17.2 Å². The zero-order valence-electron chi connectivity index (χ0n) is 12.1. The SMILES string of the molecule is Nc1ccsc1C(CCSc1ccccc1)c1sccc1N. The summed E-state index contributed by atoms with van der Waals surface area (Å²) in [6.45, 7) is 0. The molecule has 0 aliphatic carbocycles. The van der Waals surface area contributed by atoms with Crippen molar-refractivity contribution in [3.8, 4) is 0 Å². The number of nitrogen functional groups attached to an aromatic ring is 2. The lowest BCUT2D eigenvalue weighted by Crippen LogP contribution is -2.04. The predicted octanol–water partition coefficient (Wildman–Crippen LogP) is 5.29. The highest BCUT2D eigenvalue weighted by molar-refractivity contribution is 7.99. The quantitative estimate of drug-likeness (QED) is 0.596. The molecule has 4 N–H and O–H groups in total. The number of thioether (sulfide) groups is 1. The number of anilines is 2. The smallest absolute Gasteiger partial charge is 0.0462 e. The van der Waals surface area contributed by atoms with E-state index in [2.05, 4.69) is 35.0 Å². The molecule has 0 fully saturated rings. The first-order valence-corrected chi connectivity index (χ1v) is 9.84. The molecule has 0 saturated heterocycles. The van der Waals surface area contributed by atoms with Crippen molar-refractivity contribution in [3.63, 3.8) is 0 Å². The van der Waals surface area contributed by atoms with Crippen molar-refractivity contribution in [3.05, 3.63) is 63.0 Å².